The molecule has 0 atom stereocenters. The second-order valence-corrected chi connectivity index (χ2v) is 2.82. The normalized spacial score (nSPS) is 20.5. The Morgan fingerprint density at radius 2 is 2.17 bits per heavy atom. The van der Waals surface area contributed by atoms with Gasteiger partial charge < -0.3 is 5.32 Å². The van der Waals surface area contributed by atoms with Gasteiger partial charge in [-0.05, 0) is 36.3 Å². The fourth-order valence-corrected chi connectivity index (χ4v) is 1.33. The molecule has 1 aliphatic carbocycles. The van der Waals surface area contributed by atoms with Gasteiger partial charge in [-0.3, -0.25) is 4.79 Å². The van der Waals surface area contributed by atoms with Gasteiger partial charge in [-0.15, -0.1) is 5.73 Å². The van der Waals surface area contributed by atoms with Gasteiger partial charge in [0.15, 0.2) is 0 Å². The molecule has 1 heterocycles. The highest BCUT2D eigenvalue weighted by Gasteiger charge is 2.15. The lowest BCUT2D eigenvalue weighted by Crippen LogP contribution is -2.28. The van der Waals surface area contributed by atoms with Gasteiger partial charge in [0.2, 0.25) is 5.91 Å². The SMILES string of the molecule is O=C1CCC2=CC=C=CC=C2N1.[HH]. The lowest BCUT2D eigenvalue weighted by Gasteiger charge is -2.17. The minimum atomic E-state index is 0. The molecule has 1 amide bonds. The number of carbonyl (C=O) groups is 1. The van der Waals surface area contributed by atoms with Crippen molar-refractivity contribution in [2.45, 2.75) is 12.8 Å². The molecule has 12 heavy (non-hydrogen) atoms. The van der Waals surface area contributed by atoms with Crippen LogP contribution in [0, 0.1) is 0 Å². The molecule has 0 aromatic carbocycles. The minimum absolute atomic E-state index is 0. The third-order valence-corrected chi connectivity index (χ3v) is 1.97. The van der Waals surface area contributed by atoms with E-state index >= 15 is 0 Å². The van der Waals surface area contributed by atoms with Gasteiger partial charge in [0.25, 0.3) is 0 Å². The molecular formula is C10H11NO. The molecule has 62 valence electrons. The predicted molar refractivity (Wildman–Crippen MR) is 48.3 cm³/mol. The smallest absolute Gasteiger partial charge is 0.224 e. The Kier molecular flexibility index (Phi) is 1.69. The van der Waals surface area contributed by atoms with E-state index in [9.17, 15) is 4.79 Å². The zero-order valence-corrected chi connectivity index (χ0v) is 6.63. The van der Waals surface area contributed by atoms with E-state index in [0.29, 0.717) is 6.42 Å². The van der Waals surface area contributed by atoms with Gasteiger partial charge in [0.1, 0.15) is 0 Å². The molecule has 2 nitrogen and oxygen atoms in total. The Balaban J connectivity index is 0.000000845. The summed E-state index contributed by atoms with van der Waals surface area (Å²) < 4.78 is 0. The zero-order valence-electron chi connectivity index (χ0n) is 6.63. The van der Waals surface area contributed by atoms with Crippen LogP contribution in [0.3, 0.4) is 0 Å². The fourth-order valence-electron chi connectivity index (χ4n) is 1.33. The first-order chi connectivity index (χ1) is 5.86. The van der Waals surface area contributed by atoms with Gasteiger partial charge in [-0.2, -0.15) is 0 Å². The van der Waals surface area contributed by atoms with E-state index in [1.165, 1.54) is 5.57 Å². The van der Waals surface area contributed by atoms with Crippen molar-refractivity contribution in [1.29, 1.82) is 0 Å². The van der Waals surface area contributed by atoms with Crippen LogP contribution in [0.15, 0.2) is 41.3 Å². The summed E-state index contributed by atoms with van der Waals surface area (Å²) in [4.78, 5) is 11.0. The molecule has 0 radical (unpaired) electrons. The fraction of sp³-hybridized carbons (Fsp3) is 0.200. The zero-order chi connectivity index (χ0) is 8.39. The molecule has 2 aliphatic rings. The van der Waals surface area contributed by atoms with Crippen molar-refractivity contribution in [1.82, 2.24) is 5.32 Å². The molecule has 0 spiro atoms. The number of fused-ring (bicyclic) bond motifs is 1. The lowest BCUT2D eigenvalue weighted by atomic mass is 10.0. The van der Waals surface area contributed by atoms with Crippen LogP contribution in [-0.4, -0.2) is 5.91 Å². The summed E-state index contributed by atoms with van der Waals surface area (Å²) in [5.74, 6) is 0.105. The summed E-state index contributed by atoms with van der Waals surface area (Å²) in [5, 5.41) is 2.82. The van der Waals surface area contributed by atoms with Crippen LogP contribution < -0.4 is 5.32 Å². The van der Waals surface area contributed by atoms with Crippen molar-refractivity contribution < 1.29 is 6.22 Å². The van der Waals surface area contributed by atoms with Gasteiger partial charge >= 0.3 is 0 Å². The molecule has 1 N–H and O–H groups in total. The van der Waals surface area contributed by atoms with E-state index in [4.69, 9.17) is 0 Å². The van der Waals surface area contributed by atoms with E-state index < -0.39 is 0 Å². The average molecular weight is 161 g/mol. The summed E-state index contributed by atoms with van der Waals surface area (Å²) in [7, 11) is 0. The number of hydrogen-bond donors (Lipinski definition) is 1. The topological polar surface area (TPSA) is 29.1 Å². The molecule has 2 heteroatoms. The Labute approximate surface area is 72.4 Å². The summed E-state index contributed by atoms with van der Waals surface area (Å²) >= 11 is 0. The molecule has 1 aliphatic heterocycles. The van der Waals surface area contributed by atoms with E-state index in [1.54, 1.807) is 0 Å². The first-order valence-corrected chi connectivity index (χ1v) is 3.98. The molecule has 2 rings (SSSR count). The number of carbonyl (C=O) groups excluding carboxylic acids is 1. The maximum Gasteiger partial charge on any atom is 0.224 e. The molecule has 0 aromatic rings. The van der Waals surface area contributed by atoms with E-state index in [0.717, 1.165) is 12.1 Å². The van der Waals surface area contributed by atoms with Crippen LogP contribution in [0.25, 0.3) is 0 Å². The number of nitrogens with one attached hydrogen (secondary N) is 1. The maximum atomic E-state index is 11.0. The third-order valence-electron chi connectivity index (χ3n) is 1.97. The van der Waals surface area contributed by atoms with E-state index in [1.807, 2.05) is 24.3 Å². The van der Waals surface area contributed by atoms with Crippen molar-refractivity contribution in [2.75, 3.05) is 0 Å². The van der Waals surface area contributed by atoms with Gasteiger partial charge in [-0.25, -0.2) is 0 Å². The van der Waals surface area contributed by atoms with Crippen molar-refractivity contribution in [2.24, 2.45) is 0 Å². The molecule has 0 unspecified atom stereocenters. The van der Waals surface area contributed by atoms with Gasteiger partial charge in [0, 0.05) is 13.5 Å². The molecule has 0 saturated carbocycles. The average Bonchev–Trinajstić information content (AvgIpc) is 2.28. The van der Waals surface area contributed by atoms with Gasteiger partial charge in [0.05, 0.1) is 0 Å². The highest BCUT2D eigenvalue weighted by molar-refractivity contribution is 5.81. The van der Waals surface area contributed by atoms with Crippen molar-refractivity contribution in [3.63, 3.8) is 0 Å². The highest BCUT2D eigenvalue weighted by atomic mass is 16.1. The molecule has 1 saturated heterocycles. The molecular weight excluding hydrogens is 150 g/mol. The number of rotatable bonds is 0. The van der Waals surface area contributed by atoms with Crippen LogP contribution >= 0.6 is 0 Å². The number of piperidine rings is 1. The summed E-state index contributed by atoms with van der Waals surface area (Å²) in [6.07, 6.45) is 8.99. The van der Waals surface area contributed by atoms with E-state index in [-0.39, 0.29) is 7.33 Å². The lowest BCUT2D eigenvalue weighted by molar-refractivity contribution is -0.120. The summed E-state index contributed by atoms with van der Waals surface area (Å²) in [6.45, 7) is 0. The van der Waals surface area contributed by atoms with Crippen LogP contribution in [0.2, 0.25) is 0 Å². The Morgan fingerprint density at radius 3 is 3.08 bits per heavy atom. The largest absolute Gasteiger partial charge is 0.326 e. The van der Waals surface area contributed by atoms with Crippen LogP contribution in [0.5, 0.6) is 0 Å². The third kappa shape index (κ3) is 1.25. The molecule has 0 bridgehead atoms. The predicted octanol–water partition coefficient (Wildman–Crippen LogP) is 1.68. The van der Waals surface area contributed by atoms with Gasteiger partial charge in [-0.1, -0.05) is 0 Å². The van der Waals surface area contributed by atoms with Crippen LogP contribution in [0.4, 0.5) is 0 Å². The highest BCUT2D eigenvalue weighted by Crippen LogP contribution is 2.20. The van der Waals surface area contributed by atoms with Crippen molar-refractivity contribution >= 4 is 5.91 Å². The first-order valence-electron chi connectivity index (χ1n) is 3.98. The number of amides is 1. The van der Waals surface area contributed by atoms with Crippen molar-refractivity contribution in [3.05, 3.63) is 41.3 Å². The Hall–Kier alpha value is -1.53. The summed E-state index contributed by atoms with van der Waals surface area (Å²) in [6, 6.07) is 0. The molecule has 1 fully saturated rings. The van der Waals surface area contributed by atoms with E-state index in [2.05, 4.69) is 11.0 Å². The number of hydrogen-bond acceptors (Lipinski definition) is 1. The Morgan fingerprint density at radius 1 is 1.33 bits per heavy atom. The standard InChI is InChI=1S/C10H9NO.H2/c12-10-7-6-8-4-2-1-3-5-9(8)11-10;/h2-5H,6-7H2,(H,11,12);1H. The Bertz CT molecular complexity index is 346. The summed E-state index contributed by atoms with van der Waals surface area (Å²) in [5.41, 5.74) is 5.08. The first kappa shape index (κ1) is 7.14. The number of allylic oxidation sites excluding steroid dienone is 4. The monoisotopic (exact) mass is 161 g/mol. The van der Waals surface area contributed by atoms with Crippen LogP contribution in [-0.2, 0) is 4.79 Å². The second-order valence-electron chi connectivity index (χ2n) is 2.82. The minimum Gasteiger partial charge on any atom is -0.326 e. The maximum absolute atomic E-state index is 11.0. The van der Waals surface area contributed by atoms with Crippen LogP contribution in [0.1, 0.15) is 14.3 Å². The van der Waals surface area contributed by atoms with Crippen molar-refractivity contribution in [3.8, 4) is 0 Å². The quantitative estimate of drug-likeness (QED) is 0.538. The second kappa shape index (κ2) is 2.84. The molecule has 0 aromatic heterocycles.